The van der Waals surface area contributed by atoms with Crippen LogP contribution in [0, 0.1) is 0 Å². The molecule has 5 aromatic rings. The maximum Gasteiger partial charge on any atom is 0.341 e. The molecule has 0 bridgehead atoms. The molecule has 5 rings (SSSR count). The second kappa shape index (κ2) is 9.98. The number of hydrogen-bond acceptors (Lipinski definition) is 9. The number of esters is 1. The molecular formula is C25H20N4O5S. The van der Waals surface area contributed by atoms with Crippen molar-refractivity contribution in [2.24, 2.45) is 0 Å². The molecule has 0 aliphatic heterocycles. The van der Waals surface area contributed by atoms with Gasteiger partial charge in [-0.05, 0) is 24.6 Å². The Morgan fingerprint density at radius 1 is 1.03 bits per heavy atom. The number of carbonyl (C=O) groups is 1. The molecule has 3 heterocycles. The molecule has 0 aliphatic carbocycles. The van der Waals surface area contributed by atoms with Gasteiger partial charge in [-0.1, -0.05) is 60.3 Å². The largest absolute Gasteiger partial charge is 0.468 e. The van der Waals surface area contributed by atoms with E-state index in [1.165, 1.54) is 22.7 Å². The highest BCUT2D eigenvalue weighted by molar-refractivity contribution is 7.98. The summed E-state index contributed by atoms with van der Waals surface area (Å²) in [4.78, 5) is 25.1. The summed E-state index contributed by atoms with van der Waals surface area (Å²) in [5, 5.41) is 14.2. The van der Waals surface area contributed by atoms with Crippen LogP contribution >= 0.6 is 11.8 Å². The summed E-state index contributed by atoms with van der Waals surface area (Å²) in [5.74, 6) is 0.493. The SMILES string of the molecule is CCOC(=O)c1ccoc1CSc1nnc(-c2nn(Cc3ccccc3)c(=O)c3ccccc23)o1. The van der Waals surface area contributed by atoms with E-state index in [-0.39, 0.29) is 23.3 Å². The van der Waals surface area contributed by atoms with Crippen molar-refractivity contribution in [2.75, 3.05) is 6.61 Å². The summed E-state index contributed by atoms with van der Waals surface area (Å²) in [6.45, 7) is 2.33. The summed E-state index contributed by atoms with van der Waals surface area (Å²) in [6, 6.07) is 18.4. The van der Waals surface area contributed by atoms with Crippen LogP contribution in [0.3, 0.4) is 0 Å². The van der Waals surface area contributed by atoms with Gasteiger partial charge in [0.2, 0.25) is 0 Å². The molecule has 3 aromatic heterocycles. The second-order valence-corrected chi connectivity index (χ2v) is 8.41. The molecule has 10 heteroatoms. The zero-order valence-corrected chi connectivity index (χ0v) is 19.5. The van der Waals surface area contributed by atoms with Crippen molar-refractivity contribution < 1.29 is 18.4 Å². The van der Waals surface area contributed by atoms with Crippen LogP contribution in [0.4, 0.5) is 0 Å². The van der Waals surface area contributed by atoms with E-state index in [1.54, 1.807) is 31.2 Å². The smallest absolute Gasteiger partial charge is 0.341 e. The number of ether oxygens (including phenoxy) is 1. The lowest BCUT2D eigenvalue weighted by Gasteiger charge is -2.09. The van der Waals surface area contributed by atoms with Crippen molar-refractivity contribution in [3.05, 3.63) is 94.2 Å². The molecule has 176 valence electrons. The molecular weight excluding hydrogens is 468 g/mol. The van der Waals surface area contributed by atoms with Crippen LogP contribution in [0.1, 0.15) is 28.6 Å². The van der Waals surface area contributed by atoms with Gasteiger partial charge in [0.15, 0.2) is 5.69 Å². The quantitative estimate of drug-likeness (QED) is 0.229. The van der Waals surface area contributed by atoms with E-state index >= 15 is 0 Å². The van der Waals surface area contributed by atoms with E-state index in [0.29, 0.717) is 40.1 Å². The Balaban J connectivity index is 1.44. The van der Waals surface area contributed by atoms with Crippen LogP contribution in [-0.4, -0.2) is 32.6 Å². The van der Waals surface area contributed by atoms with Gasteiger partial charge in [0.05, 0.1) is 30.6 Å². The molecule has 0 aliphatic rings. The first-order valence-electron chi connectivity index (χ1n) is 10.9. The molecule has 0 saturated carbocycles. The summed E-state index contributed by atoms with van der Waals surface area (Å²) < 4.78 is 17.8. The van der Waals surface area contributed by atoms with Crippen LogP contribution in [0.5, 0.6) is 0 Å². The maximum atomic E-state index is 13.1. The predicted molar refractivity (Wildman–Crippen MR) is 129 cm³/mol. The van der Waals surface area contributed by atoms with Crippen LogP contribution < -0.4 is 5.56 Å². The summed E-state index contributed by atoms with van der Waals surface area (Å²) in [5.41, 5.74) is 1.52. The van der Waals surface area contributed by atoms with Gasteiger partial charge in [-0.3, -0.25) is 4.79 Å². The number of rotatable bonds is 8. The van der Waals surface area contributed by atoms with Gasteiger partial charge in [0.25, 0.3) is 16.7 Å². The van der Waals surface area contributed by atoms with Gasteiger partial charge < -0.3 is 13.6 Å². The first-order valence-corrected chi connectivity index (χ1v) is 11.9. The number of aromatic nitrogens is 4. The minimum atomic E-state index is -0.445. The van der Waals surface area contributed by atoms with Crippen molar-refractivity contribution in [1.29, 1.82) is 0 Å². The predicted octanol–water partition coefficient (Wildman–Crippen LogP) is 4.56. The van der Waals surface area contributed by atoms with Crippen molar-refractivity contribution in [3.8, 4) is 11.6 Å². The van der Waals surface area contributed by atoms with Crippen LogP contribution in [0.25, 0.3) is 22.4 Å². The summed E-state index contributed by atoms with van der Waals surface area (Å²) in [6.07, 6.45) is 1.44. The zero-order chi connectivity index (χ0) is 24.2. The van der Waals surface area contributed by atoms with Gasteiger partial charge in [0, 0.05) is 5.39 Å². The molecule has 0 fully saturated rings. The second-order valence-electron chi connectivity index (χ2n) is 7.48. The molecule has 2 aromatic carbocycles. The zero-order valence-electron chi connectivity index (χ0n) is 18.7. The minimum absolute atomic E-state index is 0.190. The topological polar surface area (TPSA) is 113 Å². The normalized spacial score (nSPS) is 11.1. The van der Waals surface area contributed by atoms with Crippen molar-refractivity contribution >= 4 is 28.5 Å². The number of hydrogen-bond donors (Lipinski definition) is 0. The van der Waals surface area contributed by atoms with E-state index in [4.69, 9.17) is 13.6 Å². The Kier molecular flexibility index (Phi) is 6.44. The molecule has 0 amide bonds. The Labute approximate surface area is 203 Å². The number of carbonyl (C=O) groups excluding carboxylic acids is 1. The van der Waals surface area contributed by atoms with Crippen LogP contribution in [0.15, 0.2) is 85.8 Å². The van der Waals surface area contributed by atoms with Crippen molar-refractivity contribution in [1.82, 2.24) is 20.0 Å². The number of fused-ring (bicyclic) bond motifs is 1. The third-order valence-corrected chi connectivity index (χ3v) is 6.04. The standard InChI is InChI=1S/C25H20N4O5S/c1-2-32-24(31)19-12-13-33-20(19)15-35-25-27-26-22(34-25)21-17-10-6-7-11-18(17)23(30)29(28-21)14-16-8-4-3-5-9-16/h3-13H,2,14-15H2,1H3. The molecule has 0 N–H and O–H groups in total. The van der Waals surface area contributed by atoms with E-state index in [0.717, 1.165) is 5.56 Å². The summed E-state index contributed by atoms with van der Waals surface area (Å²) in [7, 11) is 0. The van der Waals surface area contributed by atoms with Crippen molar-refractivity contribution in [2.45, 2.75) is 24.4 Å². The van der Waals surface area contributed by atoms with Gasteiger partial charge in [-0.2, -0.15) is 5.10 Å². The average Bonchev–Trinajstić information content (AvgIpc) is 3.55. The lowest BCUT2D eigenvalue weighted by molar-refractivity contribution is 0.0524. The van der Waals surface area contributed by atoms with E-state index in [9.17, 15) is 9.59 Å². The first kappa shape index (κ1) is 22.6. The molecule has 9 nitrogen and oxygen atoms in total. The number of furan rings is 1. The van der Waals surface area contributed by atoms with Crippen molar-refractivity contribution in [3.63, 3.8) is 0 Å². The van der Waals surface area contributed by atoms with Gasteiger partial charge >= 0.3 is 5.97 Å². The highest BCUT2D eigenvalue weighted by Gasteiger charge is 2.20. The minimum Gasteiger partial charge on any atom is -0.468 e. The average molecular weight is 489 g/mol. The third-order valence-electron chi connectivity index (χ3n) is 5.22. The highest BCUT2D eigenvalue weighted by atomic mass is 32.2. The highest BCUT2D eigenvalue weighted by Crippen LogP contribution is 2.29. The van der Waals surface area contributed by atoms with Crippen LogP contribution in [-0.2, 0) is 17.0 Å². The Hall–Kier alpha value is -4.18. The number of thioether (sulfide) groups is 1. The number of benzene rings is 2. The fourth-order valence-electron chi connectivity index (χ4n) is 3.59. The Morgan fingerprint density at radius 3 is 2.60 bits per heavy atom. The van der Waals surface area contributed by atoms with Gasteiger partial charge in [-0.25, -0.2) is 9.48 Å². The summed E-state index contributed by atoms with van der Waals surface area (Å²) >= 11 is 1.22. The lowest BCUT2D eigenvalue weighted by atomic mass is 10.1. The third kappa shape index (κ3) is 4.73. The molecule has 0 radical (unpaired) electrons. The molecule has 0 spiro atoms. The van der Waals surface area contributed by atoms with Gasteiger partial charge in [0.1, 0.15) is 11.3 Å². The molecule has 0 unspecified atom stereocenters. The van der Waals surface area contributed by atoms with Crippen LogP contribution in [0.2, 0.25) is 0 Å². The maximum absolute atomic E-state index is 13.1. The van der Waals surface area contributed by atoms with E-state index in [1.807, 2.05) is 36.4 Å². The van der Waals surface area contributed by atoms with E-state index < -0.39 is 5.97 Å². The fraction of sp³-hybridized carbons (Fsp3) is 0.160. The molecule has 0 saturated heterocycles. The monoisotopic (exact) mass is 488 g/mol. The Bertz CT molecular complexity index is 1540. The molecule has 35 heavy (non-hydrogen) atoms. The van der Waals surface area contributed by atoms with E-state index in [2.05, 4.69) is 15.3 Å². The first-order chi connectivity index (χ1) is 17.1. The lowest BCUT2D eigenvalue weighted by Crippen LogP contribution is -2.24. The van der Waals surface area contributed by atoms with Gasteiger partial charge in [-0.15, -0.1) is 10.2 Å². The number of nitrogens with zero attached hydrogens (tertiary/aromatic N) is 4. The Morgan fingerprint density at radius 2 is 1.80 bits per heavy atom. The fourth-order valence-corrected chi connectivity index (χ4v) is 4.31. The molecule has 0 atom stereocenters.